The highest BCUT2D eigenvalue weighted by Crippen LogP contribution is 2.49. The third-order valence-electron chi connectivity index (χ3n) is 5.44. The zero-order valence-corrected chi connectivity index (χ0v) is 11.3. The summed E-state index contributed by atoms with van der Waals surface area (Å²) in [6.07, 6.45) is 3.74. The highest BCUT2D eigenvalue weighted by molar-refractivity contribution is 5.31. The summed E-state index contributed by atoms with van der Waals surface area (Å²) in [6, 6.07) is 7.89. The second-order valence-corrected chi connectivity index (χ2v) is 6.33. The lowest BCUT2D eigenvalue weighted by Crippen LogP contribution is -2.58. The van der Waals surface area contributed by atoms with Gasteiger partial charge in [-0.1, -0.05) is 19.1 Å². The molecule has 3 rings (SSSR count). The quantitative estimate of drug-likeness (QED) is 0.796. The highest BCUT2D eigenvalue weighted by atomic mass is 16.3. The van der Waals surface area contributed by atoms with E-state index in [1.165, 1.54) is 24.8 Å². The van der Waals surface area contributed by atoms with E-state index in [1.807, 2.05) is 12.1 Å². The number of hydrogen-bond acceptors (Lipinski definition) is 2. The Morgan fingerprint density at radius 1 is 1.33 bits per heavy atom. The number of fused-ring (bicyclic) bond motifs is 2. The van der Waals surface area contributed by atoms with Crippen LogP contribution in [0.25, 0.3) is 0 Å². The molecule has 4 atom stereocenters. The van der Waals surface area contributed by atoms with Gasteiger partial charge in [0.1, 0.15) is 5.75 Å². The molecule has 1 aliphatic heterocycles. The predicted octanol–water partition coefficient (Wildman–Crippen LogP) is 3.27. The van der Waals surface area contributed by atoms with E-state index in [-0.39, 0.29) is 0 Å². The summed E-state index contributed by atoms with van der Waals surface area (Å²) in [5.74, 6) is 2.50. The number of hydrogen-bond donors (Lipinski definition) is 2. The van der Waals surface area contributed by atoms with Gasteiger partial charge in [0.25, 0.3) is 0 Å². The first kappa shape index (κ1) is 12.0. The first-order valence-electron chi connectivity index (χ1n) is 7.14. The molecule has 0 radical (unpaired) electrons. The lowest BCUT2D eigenvalue weighted by molar-refractivity contribution is 0.0505. The van der Waals surface area contributed by atoms with Gasteiger partial charge in [-0.05, 0) is 68.2 Å². The van der Waals surface area contributed by atoms with E-state index in [9.17, 15) is 5.11 Å². The Kier molecular flexibility index (Phi) is 2.86. The van der Waals surface area contributed by atoms with Crippen molar-refractivity contribution in [2.24, 2.45) is 11.8 Å². The number of piperidine rings is 1. The Morgan fingerprint density at radius 3 is 2.94 bits per heavy atom. The van der Waals surface area contributed by atoms with Crippen molar-refractivity contribution in [2.45, 2.75) is 44.6 Å². The van der Waals surface area contributed by atoms with E-state index in [1.54, 1.807) is 6.07 Å². The minimum absolute atomic E-state index is 0.330. The average Bonchev–Trinajstić information content (AvgIpc) is 2.32. The van der Waals surface area contributed by atoms with Crippen LogP contribution >= 0.6 is 0 Å². The number of aromatic hydroxyl groups is 1. The van der Waals surface area contributed by atoms with Crippen molar-refractivity contribution in [3.8, 4) is 5.75 Å². The summed E-state index contributed by atoms with van der Waals surface area (Å²) in [7, 11) is 0. The molecule has 1 saturated heterocycles. The van der Waals surface area contributed by atoms with Gasteiger partial charge in [-0.3, -0.25) is 0 Å². The minimum atomic E-state index is 0.330. The third kappa shape index (κ3) is 1.83. The largest absolute Gasteiger partial charge is 0.508 e. The molecule has 98 valence electrons. The zero-order valence-electron chi connectivity index (χ0n) is 11.3. The van der Waals surface area contributed by atoms with Gasteiger partial charge in [0.15, 0.2) is 0 Å². The topological polar surface area (TPSA) is 32.3 Å². The molecule has 2 fully saturated rings. The molecule has 2 nitrogen and oxygen atoms in total. The Morgan fingerprint density at radius 2 is 2.17 bits per heavy atom. The molecule has 0 spiro atoms. The van der Waals surface area contributed by atoms with E-state index in [2.05, 4.69) is 25.2 Å². The van der Waals surface area contributed by atoms with Crippen molar-refractivity contribution in [2.75, 3.05) is 6.54 Å². The zero-order chi connectivity index (χ0) is 12.8. The van der Waals surface area contributed by atoms with Crippen LogP contribution in [-0.4, -0.2) is 17.2 Å². The van der Waals surface area contributed by atoms with Crippen LogP contribution in [0.15, 0.2) is 24.3 Å². The molecule has 1 heterocycles. The third-order valence-corrected chi connectivity index (χ3v) is 5.44. The first-order chi connectivity index (χ1) is 8.60. The number of rotatable bonds is 1. The first-order valence-corrected chi connectivity index (χ1v) is 7.14. The number of nitrogens with one attached hydrogen (secondary N) is 1. The fourth-order valence-electron chi connectivity index (χ4n) is 4.11. The van der Waals surface area contributed by atoms with Gasteiger partial charge in [0.2, 0.25) is 0 Å². The van der Waals surface area contributed by atoms with Gasteiger partial charge in [-0.2, -0.15) is 0 Å². The molecule has 18 heavy (non-hydrogen) atoms. The SMILES string of the molecule is CC1C2CCNC1(C)CCC2c1cccc(O)c1. The molecule has 0 aromatic heterocycles. The maximum absolute atomic E-state index is 9.67. The molecular formula is C16H23NO. The van der Waals surface area contributed by atoms with Gasteiger partial charge >= 0.3 is 0 Å². The van der Waals surface area contributed by atoms with Gasteiger partial charge in [-0.25, -0.2) is 0 Å². The smallest absolute Gasteiger partial charge is 0.115 e. The Hall–Kier alpha value is -1.02. The molecule has 1 aliphatic carbocycles. The van der Waals surface area contributed by atoms with Crippen LogP contribution in [0.5, 0.6) is 5.75 Å². The van der Waals surface area contributed by atoms with E-state index < -0.39 is 0 Å². The maximum atomic E-state index is 9.67. The summed E-state index contributed by atoms with van der Waals surface area (Å²) in [6.45, 7) is 5.91. The van der Waals surface area contributed by atoms with E-state index in [0.717, 1.165) is 12.5 Å². The molecule has 1 aromatic carbocycles. The molecule has 0 amide bonds. The number of phenolic OH excluding ortho intramolecular Hbond substituents is 1. The predicted molar refractivity (Wildman–Crippen MR) is 73.8 cm³/mol. The normalized spacial score (nSPS) is 39.6. The molecule has 2 aliphatic rings. The second-order valence-electron chi connectivity index (χ2n) is 6.33. The standard InChI is InChI=1S/C16H23NO/c1-11-14-7-9-17-16(11,2)8-6-15(14)12-4-3-5-13(18)10-12/h3-5,10-11,14-15,17-18H,6-9H2,1-2H3. The Balaban J connectivity index is 1.90. The monoisotopic (exact) mass is 245 g/mol. The molecule has 1 saturated carbocycles. The molecule has 1 aromatic rings. The second kappa shape index (κ2) is 4.27. The van der Waals surface area contributed by atoms with E-state index in [4.69, 9.17) is 0 Å². The van der Waals surface area contributed by atoms with Crippen LogP contribution in [0, 0.1) is 11.8 Å². The van der Waals surface area contributed by atoms with Crippen LogP contribution in [-0.2, 0) is 0 Å². The Labute approximate surface area is 109 Å². The summed E-state index contributed by atoms with van der Waals surface area (Å²) < 4.78 is 0. The van der Waals surface area contributed by atoms with Gasteiger partial charge < -0.3 is 10.4 Å². The fraction of sp³-hybridized carbons (Fsp3) is 0.625. The van der Waals surface area contributed by atoms with Gasteiger partial charge in [0.05, 0.1) is 0 Å². The van der Waals surface area contributed by atoms with Crippen molar-refractivity contribution >= 4 is 0 Å². The lowest BCUT2D eigenvalue weighted by atomic mass is 9.59. The Bertz CT molecular complexity index is 444. The number of phenols is 1. The van der Waals surface area contributed by atoms with E-state index in [0.29, 0.717) is 23.1 Å². The van der Waals surface area contributed by atoms with Crippen molar-refractivity contribution in [1.29, 1.82) is 0 Å². The summed E-state index contributed by atoms with van der Waals surface area (Å²) in [4.78, 5) is 0. The van der Waals surface area contributed by atoms with Crippen LogP contribution in [0.4, 0.5) is 0 Å². The van der Waals surface area contributed by atoms with Crippen molar-refractivity contribution in [1.82, 2.24) is 5.32 Å². The van der Waals surface area contributed by atoms with Crippen LogP contribution in [0.3, 0.4) is 0 Å². The van der Waals surface area contributed by atoms with Crippen LogP contribution in [0.2, 0.25) is 0 Å². The molecular weight excluding hydrogens is 222 g/mol. The van der Waals surface area contributed by atoms with E-state index >= 15 is 0 Å². The highest BCUT2D eigenvalue weighted by Gasteiger charge is 2.46. The molecule has 2 N–H and O–H groups in total. The van der Waals surface area contributed by atoms with Crippen molar-refractivity contribution in [3.05, 3.63) is 29.8 Å². The summed E-state index contributed by atoms with van der Waals surface area (Å²) in [5.41, 5.74) is 1.66. The van der Waals surface area contributed by atoms with Crippen LogP contribution in [0.1, 0.15) is 44.6 Å². The minimum Gasteiger partial charge on any atom is -0.508 e. The van der Waals surface area contributed by atoms with Gasteiger partial charge in [-0.15, -0.1) is 0 Å². The van der Waals surface area contributed by atoms with Crippen LogP contribution < -0.4 is 5.32 Å². The lowest BCUT2D eigenvalue weighted by Gasteiger charge is -2.53. The molecule has 4 unspecified atom stereocenters. The molecule has 2 heteroatoms. The summed E-state index contributed by atoms with van der Waals surface area (Å²) >= 11 is 0. The molecule has 2 bridgehead atoms. The van der Waals surface area contributed by atoms with Crippen molar-refractivity contribution in [3.63, 3.8) is 0 Å². The van der Waals surface area contributed by atoms with Crippen molar-refractivity contribution < 1.29 is 5.11 Å². The maximum Gasteiger partial charge on any atom is 0.115 e. The average molecular weight is 245 g/mol. The number of benzene rings is 1. The summed E-state index contributed by atoms with van der Waals surface area (Å²) in [5, 5.41) is 13.4. The fourth-order valence-corrected chi connectivity index (χ4v) is 4.11. The van der Waals surface area contributed by atoms with Gasteiger partial charge in [0, 0.05) is 5.54 Å².